The fourth-order valence-corrected chi connectivity index (χ4v) is 3.24. The molecule has 0 spiro atoms. The average molecular weight is 220 g/mol. The molecule has 0 heterocycles. The molecule has 0 N–H and O–H groups in total. The fraction of sp³-hybridized carbons (Fsp3) is 0.294. The van der Waals surface area contributed by atoms with Crippen LogP contribution >= 0.6 is 0 Å². The molecule has 0 amide bonds. The molecule has 0 bridgehead atoms. The molecule has 0 aliphatic heterocycles. The first kappa shape index (κ1) is 10.6. The molecule has 2 aromatic carbocycles. The van der Waals surface area contributed by atoms with E-state index in [0.29, 0.717) is 0 Å². The summed E-state index contributed by atoms with van der Waals surface area (Å²) in [5.41, 5.74) is 5.56. The summed E-state index contributed by atoms with van der Waals surface area (Å²) in [4.78, 5) is 0. The van der Waals surface area contributed by atoms with Crippen molar-refractivity contribution >= 4 is 0 Å². The monoisotopic (exact) mass is 220 g/mol. The van der Waals surface area contributed by atoms with Crippen LogP contribution in [0.5, 0.6) is 0 Å². The van der Waals surface area contributed by atoms with E-state index >= 15 is 0 Å². The van der Waals surface area contributed by atoms with Crippen molar-refractivity contribution in [2.45, 2.75) is 32.1 Å². The quantitative estimate of drug-likeness (QED) is 0.704. The van der Waals surface area contributed by atoms with Crippen molar-refractivity contribution in [1.82, 2.24) is 0 Å². The van der Waals surface area contributed by atoms with Crippen molar-refractivity contribution in [1.29, 1.82) is 0 Å². The standard InChI is InChI=1S/C17H16/c1-3-17(4-2)15-11-7-5-9-13(15)14-10-6-8-12-16(14)17/h5-8,11-12H,3-4H2,1-2H3. The highest BCUT2D eigenvalue weighted by molar-refractivity contribution is 5.80. The summed E-state index contributed by atoms with van der Waals surface area (Å²) in [6, 6.07) is 19.5. The number of rotatable bonds is 2. The van der Waals surface area contributed by atoms with Gasteiger partial charge in [-0.1, -0.05) is 50.2 Å². The van der Waals surface area contributed by atoms with E-state index in [1.165, 1.54) is 22.3 Å². The summed E-state index contributed by atoms with van der Waals surface area (Å²) in [5, 5.41) is 0. The molecule has 17 heavy (non-hydrogen) atoms. The van der Waals surface area contributed by atoms with Crippen LogP contribution in [0.1, 0.15) is 37.8 Å². The molecule has 0 saturated heterocycles. The molecular formula is C17H16. The molecule has 0 unspecified atom stereocenters. The van der Waals surface area contributed by atoms with E-state index in [1.54, 1.807) is 0 Å². The maximum Gasteiger partial charge on any atom is 0.0210 e. The normalized spacial score (nSPS) is 15.4. The van der Waals surface area contributed by atoms with Crippen LogP contribution in [-0.2, 0) is 5.41 Å². The van der Waals surface area contributed by atoms with Crippen molar-refractivity contribution in [2.75, 3.05) is 0 Å². The van der Waals surface area contributed by atoms with Gasteiger partial charge in [0.25, 0.3) is 0 Å². The molecule has 3 rings (SSSR count). The van der Waals surface area contributed by atoms with Crippen molar-refractivity contribution in [3.63, 3.8) is 0 Å². The molecule has 0 saturated carbocycles. The summed E-state index contributed by atoms with van der Waals surface area (Å²) < 4.78 is 0. The number of fused-ring (bicyclic) bond motifs is 3. The zero-order valence-electron chi connectivity index (χ0n) is 10.4. The molecule has 2 aromatic rings. The minimum atomic E-state index is 0.181. The Labute approximate surface area is 103 Å². The first-order chi connectivity index (χ1) is 8.33. The van der Waals surface area contributed by atoms with Gasteiger partial charge in [-0.2, -0.15) is 0 Å². The van der Waals surface area contributed by atoms with Gasteiger partial charge in [0.15, 0.2) is 0 Å². The molecule has 0 atom stereocenters. The first-order valence-electron chi connectivity index (χ1n) is 6.36. The van der Waals surface area contributed by atoms with Gasteiger partial charge in [-0.05, 0) is 47.2 Å². The molecule has 0 fully saturated rings. The van der Waals surface area contributed by atoms with Crippen LogP contribution in [0.25, 0.3) is 11.1 Å². The van der Waals surface area contributed by atoms with Gasteiger partial charge >= 0.3 is 0 Å². The second kappa shape index (κ2) is 3.73. The van der Waals surface area contributed by atoms with Crippen LogP contribution in [0.3, 0.4) is 0 Å². The van der Waals surface area contributed by atoms with Crippen LogP contribution in [0.15, 0.2) is 36.4 Å². The maximum absolute atomic E-state index is 3.40. The Hall–Kier alpha value is -1.56. The van der Waals surface area contributed by atoms with Gasteiger partial charge in [-0.3, -0.25) is 0 Å². The number of hydrogen-bond acceptors (Lipinski definition) is 0. The SMILES string of the molecule is CCC1(CC)c2ccc[c]c2-c2[c]cccc21. The van der Waals surface area contributed by atoms with Gasteiger partial charge in [-0.25, -0.2) is 0 Å². The predicted molar refractivity (Wildman–Crippen MR) is 70.9 cm³/mol. The van der Waals surface area contributed by atoms with Gasteiger partial charge in [0.1, 0.15) is 0 Å². The molecule has 84 valence electrons. The lowest BCUT2D eigenvalue weighted by molar-refractivity contribution is 0.490. The topological polar surface area (TPSA) is 0 Å². The molecule has 1 aliphatic rings. The highest BCUT2D eigenvalue weighted by Gasteiger charge is 2.39. The predicted octanol–water partition coefficient (Wildman–Crippen LogP) is 4.37. The average Bonchev–Trinajstić information content (AvgIpc) is 2.70. The Bertz CT molecular complexity index is 500. The van der Waals surface area contributed by atoms with Crippen LogP contribution in [0, 0.1) is 12.1 Å². The Balaban J connectivity index is 2.38. The molecule has 0 aromatic heterocycles. The van der Waals surface area contributed by atoms with Crippen LogP contribution in [-0.4, -0.2) is 0 Å². The Morgan fingerprint density at radius 1 is 0.882 bits per heavy atom. The van der Waals surface area contributed by atoms with Gasteiger partial charge < -0.3 is 0 Å². The fourth-order valence-electron chi connectivity index (χ4n) is 3.24. The van der Waals surface area contributed by atoms with Crippen molar-refractivity contribution in [2.24, 2.45) is 0 Å². The van der Waals surface area contributed by atoms with Crippen molar-refractivity contribution in [3.05, 3.63) is 59.7 Å². The Kier molecular flexibility index (Phi) is 2.32. The molecule has 2 radical (unpaired) electrons. The minimum absolute atomic E-state index is 0.181. The Morgan fingerprint density at radius 3 is 1.76 bits per heavy atom. The van der Waals surface area contributed by atoms with E-state index in [0.717, 1.165) is 12.8 Å². The van der Waals surface area contributed by atoms with E-state index in [1.807, 2.05) is 12.1 Å². The molecule has 0 heteroatoms. The zero-order chi connectivity index (χ0) is 11.9. The van der Waals surface area contributed by atoms with E-state index in [4.69, 9.17) is 0 Å². The maximum atomic E-state index is 3.40. The van der Waals surface area contributed by atoms with Crippen LogP contribution in [0.4, 0.5) is 0 Å². The summed E-state index contributed by atoms with van der Waals surface area (Å²) >= 11 is 0. The lowest BCUT2D eigenvalue weighted by Crippen LogP contribution is -2.22. The molecular weight excluding hydrogens is 204 g/mol. The largest absolute Gasteiger partial charge is 0.0642 e. The Morgan fingerprint density at radius 2 is 1.35 bits per heavy atom. The number of benzene rings is 2. The minimum Gasteiger partial charge on any atom is -0.0642 e. The van der Waals surface area contributed by atoms with Gasteiger partial charge in [0.05, 0.1) is 0 Å². The smallest absolute Gasteiger partial charge is 0.0210 e. The van der Waals surface area contributed by atoms with Crippen LogP contribution in [0.2, 0.25) is 0 Å². The van der Waals surface area contributed by atoms with Gasteiger partial charge in [-0.15, -0.1) is 0 Å². The molecule has 1 aliphatic carbocycles. The van der Waals surface area contributed by atoms with E-state index in [-0.39, 0.29) is 5.41 Å². The second-order valence-electron chi connectivity index (χ2n) is 4.71. The third-order valence-corrected chi connectivity index (χ3v) is 4.20. The lowest BCUT2D eigenvalue weighted by Gasteiger charge is -2.29. The highest BCUT2D eigenvalue weighted by Crippen LogP contribution is 2.51. The van der Waals surface area contributed by atoms with E-state index in [9.17, 15) is 0 Å². The number of hydrogen-bond donors (Lipinski definition) is 0. The van der Waals surface area contributed by atoms with E-state index < -0.39 is 0 Å². The van der Waals surface area contributed by atoms with Crippen LogP contribution < -0.4 is 0 Å². The summed E-state index contributed by atoms with van der Waals surface area (Å²) in [6.45, 7) is 4.56. The summed E-state index contributed by atoms with van der Waals surface area (Å²) in [7, 11) is 0. The third kappa shape index (κ3) is 1.24. The summed E-state index contributed by atoms with van der Waals surface area (Å²) in [6.07, 6.45) is 2.28. The zero-order valence-corrected chi connectivity index (χ0v) is 10.4. The lowest BCUT2D eigenvalue weighted by atomic mass is 9.74. The first-order valence-corrected chi connectivity index (χ1v) is 6.36. The third-order valence-electron chi connectivity index (χ3n) is 4.20. The van der Waals surface area contributed by atoms with Gasteiger partial charge in [0, 0.05) is 5.41 Å². The molecule has 0 nitrogen and oxygen atoms in total. The summed E-state index contributed by atoms with van der Waals surface area (Å²) in [5.74, 6) is 0. The van der Waals surface area contributed by atoms with E-state index in [2.05, 4.69) is 50.2 Å². The van der Waals surface area contributed by atoms with Crippen molar-refractivity contribution < 1.29 is 0 Å². The second-order valence-corrected chi connectivity index (χ2v) is 4.71. The highest BCUT2D eigenvalue weighted by atomic mass is 14.4. The van der Waals surface area contributed by atoms with Gasteiger partial charge in [0.2, 0.25) is 0 Å². The van der Waals surface area contributed by atoms with Crippen molar-refractivity contribution in [3.8, 4) is 11.1 Å².